The number of rotatable bonds is 8. The van der Waals surface area contributed by atoms with Gasteiger partial charge in [-0.25, -0.2) is 0 Å². The van der Waals surface area contributed by atoms with Crippen LogP contribution in [0.15, 0.2) is 27.8 Å². The van der Waals surface area contributed by atoms with Crippen molar-refractivity contribution < 1.29 is 4.42 Å². The minimum Gasteiger partial charge on any atom is -0.463 e. The molecule has 1 aromatic heterocycles. The zero-order valence-electron chi connectivity index (χ0n) is 9.61. The second-order valence-electron chi connectivity index (χ2n) is 3.82. The quantitative estimate of drug-likeness (QED) is 0.466. The number of hydrogen-bond acceptors (Lipinski definition) is 2. The van der Waals surface area contributed by atoms with E-state index in [1.807, 2.05) is 18.3 Å². The predicted octanol–water partition coefficient (Wildman–Crippen LogP) is 4.06. The average Bonchev–Trinajstić information content (AvgIpc) is 2.75. The van der Waals surface area contributed by atoms with Gasteiger partial charge in [-0.3, -0.25) is 4.99 Å². The fourth-order valence-corrected chi connectivity index (χ4v) is 1.50. The average molecular weight is 207 g/mol. The summed E-state index contributed by atoms with van der Waals surface area (Å²) in [7, 11) is 0. The highest BCUT2D eigenvalue weighted by Crippen LogP contribution is 2.04. The lowest BCUT2D eigenvalue weighted by Gasteiger charge is -1.97. The Morgan fingerprint density at radius 3 is 2.73 bits per heavy atom. The van der Waals surface area contributed by atoms with Crippen molar-refractivity contribution in [1.29, 1.82) is 0 Å². The van der Waals surface area contributed by atoms with Gasteiger partial charge in [-0.15, -0.1) is 0 Å². The van der Waals surface area contributed by atoms with Crippen LogP contribution >= 0.6 is 0 Å². The van der Waals surface area contributed by atoms with E-state index in [2.05, 4.69) is 11.9 Å². The van der Waals surface area contributed by atoms with E-state index < -0.39 is 0 Å². The molecule has 1 rings (SSSR count). The van der Waals surface area contributed by atoms with Gasteiger partial charge in [0, 0.05) is 6.54 Å². The standard InChI is InChI=1S/C13H21NO/c1-2-3-4-5-6-7-10-14-12-13-9-8-11-15-13/h8-9,11-12H,2-7,10H2,1H3/b14-12-. The normalized spacial score (nSPS) is 11.3. The van der Waals surface area contributed by atoms with E-state index in [4.69, 9.17) is 4.42 Å². The van der Waals surface area contributed by atoms with Crippen molar-refractivity contribution in [1.82, 2.24) is 0 Å². The van der Waals surface area contributed by atoms with Crippen LogP contribution in [0, 0.1) is 0 Å². The largest absolute Gasteiger partial charge is 0.463 e. The third-order valence-corrected chi connectivity index (χ3v) is 2.40. The first-order chi connectivity index (χ1) is 7.43. The van der Waals surface area contributed by atoms with Crippen molar-refractivity contribution in [3.63, 3.8) is 0 Å². The Hall–Kier alpha value is -1.05. The maximum Gasteiger partial charge on any atom is 0.144 e. The van der Waals surface area contributed by atoms with Crippen molar-refractivity contribution in [3.8, 4) is 0 Å². The van der Waals surface area contributed by atoms with Crippen molar-refractivity contribution in [2.75, 3.05) is 6.54 Å². The summed E-state index contributed by atoms with van der Waals surface area (Å²) in [5, 5.41) is 0. The summed E-state index contributed by atoms with van der Waals surface area (Å²) < 4.78 is 5.14. The minimum atomic E-state index is 0.848. The molecule has 0 atom stereocenters. The smallest absolute Gasteiger partial charge is 0.144 e. The SMILES string of the molecule is CCCCCCCC/N=C\c1ccco1. The molecule has 0 radical (unpaired) electrons. The third-order valence-electron chi connectivity index (χ3n) is 2.40. The summed E-state index contributed by atoms with van der Waals surface area (Å²) in [5.41, 5.74) is 0. The molecule has 1 aromatic rings. The van der Waals surface area contributed by atoms with Gasteiger partial charge in [0.25, 0.3) is 0 Å². The molecule has 0 spiro atoms. The van der Waals surface area contributed by atoms with Gasteiger partial charge in [0.1, 0.15) is 5.76 Å². The van der Waals surface area contributed by atoms with Crippen LogP contribution in [0.4, 0.5) is 0 Å². The Morgan fingerprint density at radius 1 is 1.20 bits per heavy atom. The van der Waals surface area contributed by atoms with Crippen LogP contribution < -0.4 is 0 Å². The lowest BCUT2D eigenvalue weighted by atomic mass is 10.1. The second-order valence-corrected chi connectivity index (χ2v) is 3.82. The Bertz CT molecular complexity index is 252. The molecule has 0 unspecified atom stereocenters. The Kier molecular flexibility index (Phi) is 6.63. The lowest BCUT2D eigenvalue weighted by molar-refractivity contribution is 0.559. The molecular weight excluding hydrogens is 186 g/mol. The summed E-state index contributed by atoms with van der Waals surface area (Å²) in [5.74, 6) is 0.848. The lowest BCUT2D eigenvalue weighted by Crippen LogP contribution is -1.84. The van der Waals surface area contributed by atoms with E-state index >= 15 is 0 Å². The summed E-state index contributed by atoms with van der Waals surface area (Å²) >= 11 is 0. The van der Waals surface area contributed by atoms with Crippen molar-refractivity contribution in [3.05, 3.63) is 24.2 Å². The van der Waals surface area contributed by atoms with Crippen molar-refractivity contribution in [2.24, 2.45) is 4.99 Å². The van der Waals surface area contributed by atoms with Crippen molar-refractivity contribution >= 4 is 6.21 Å². The summed E-state index contributed by atoms with van der Waals surface area (Å²) in [6.45, 7) is 3.17. The molecule has 0 aromatic carbocycles. The summed E-state index contributed by atoms with van der Waals surface area (Å²) in [6, 6.07) is 3.80. The number of furan rings is 1. The highest BCUT2D eigenvalue weighted by Gasteiger charge is 1.90. The molecule has 0 saturated heterocycles. The van der Waals surface area contributed by atoms with Crippen molar-refractivity contribution in [2.45, 2.75) is 45.4 Å². The van der Waals surface area contributed by atoms with Gasteiger partial charge in [0.05, 0.1) is 12.5 Å². The molecule has 2 nitrogen and oxygen atoms in total. The van der Waals surface area contributed by atoms with Gasteiger partial charge >= 0.3 is 0 Å². The maximum atomic E-state index is 5.14. The summed E-state index contributed by atoms with van der Waals surface area (Å²) in [4.78, 5) is 4.31. The van der Waals surface area contributed by atoms with E-state index in [-0.39, 0.29) is 0 Å². The molecule has 1 heterocycles. The van der Waals surface area contributed by atoms with Gasteiger partial charge in [0.15, 0.2) is 0 Å². The molecule has 2 heteroatoms. The predicted molar refractivity (Wildman–Crippen MR) is 64.5 cm³/mol. The molecule has 0 fully saturated rings. The van der Waals surface area contributed by atoms with Crippen LogP contribution in [0.25, 0.3) is 0 Å². The van der Waals surface area contributed by atoms with Gasteiger partial charge in [-0.1, -0.05) is 39.0 Å². The second kappa shape index (κ2) is 8.27. The van der Waals surface area contributed by atoms with Crippen LogP contribution in [-0.2, 0) is 0 Å². The maximum absolute atomic E-state index is 5.14. The molecular formula is C13H21NO. The van der Waals surface area contributed by atoms with Gasteiger partial charge < -0.3 is 4.42 Å². The number of hydrogen-bond donors (Lipinski definition) is 0. The molecule has 0 N–H and O–H groups in total. The zero-order chi connectivity index (χ0) is 10.8. The minimum absolute atomic E-state index is 0.848. The highest BCUT2D eigenvalue weighted by molar-refractivity contribution is 5.75. The molecule has 0 amide bonds. The van der Waals surface area contributed by atoms with Crippen LogP contribution in [0.5, 0.6) is 0 Å². The Morgan fingerprint density at radius 2 is 2.00 bits per heavy atom. The topological polar surface area (TPSA) is 25.5 Å². The fraction of sp³-hybridized carbons (Fsp3) is 0.615. The molecule has 0 aliphatic carbocycles. The Balaban J connectivity index is 1.93. The van der Waals surface area contributed by atoms with Crippen LogP contribution in [-0.4, -0.2) is 12.8 Å². The van der Waals surface area contributed by atoms with Crippen LogP contribution in [0.2, 0.25) is 0 Å². The first kappa shape index (κ1) is 12.0. The first-order valence-corrected chi connectivity index (χ1v) is 5.97. The van der Waals surface area contributed by atoms with E-state index in [1.165, 1.54) is 38.5 Å². The molecule has 0 aliphatic rings. The molecule has 15 heavy (non-hydrogen) atoms. The van der Waals surface area contributed by atoms with E-state index in [0.717, 1.165) is 12.3 Å². The van der Waals surface area contributed by atoms with Gasteiger partial charge in [0.2, 0.25) is 0 Å². The fourth-order valence-electron chi connectivity index (χ4n) is 1.50. The van der Waals surface area contributed by atoms with Crippen LogP contribution in [0.1, 0.15) is 51.2 Å². The van der Waals surface area contributed by atoms with E-state index in [9.17, 15) is 0 Å². The molecule has 0 aliphatic heterocycles. The summed E-state index contributed by atoms with van der Waals surface area (Å²) in [6.07, 6.45) is 11.4. The number of nitrogens with zero attached hydrogens (tertiary/aromatic N) is 1. The van der Waals surface area contributed by atoms with E-state index in [0.29, 0.717) is 0 Å². The number of unbranched alkanes of at least 4 members (excludes halogenated alkanes) is 5. The van der Waals surface area contributed by atoms with E-state index in [1.54, 1.807) is 6.26 Å². The van der Waals surface area contributed by atoms with Crippen LogP contribution in [0.3, 0.4) is 0 Å². The highest BCUT2D eigenvalue weighted by atomic mass is 16.3. The third kappa shape index (κ3) is 6.10. The molecule has 0 saturated carbocycles. The van der Waals surface area contributed by atoms with Gasteiger partial charge in [-0.2, -0.15) is 0 Å². The van der Waals surface area contributed by atoms with Gasteiger partial charge in [-0.05, 0) is 18.6 Å². The molecule has 0 bridgehead atoms. The number of aliphatic imine (C=N–C) groups is 1. The Labute approximate surface area is 92.4 Å². The first-order valence-electron chi connectivity index (χ1n) is 5.97. The monoisotopic (exact) mass is 207 g/mol. The zero-order valence-corrected chi connectivity index (χ0v) is 9.61. The molecule has 84 valence electrons.